The van der Waals surface area contributed by atoms with Gasteiger partial charge in [0.15, 0.2) is 0 Å². The molecule has 0 aliphatic rings. The molecule has 0 saturated carbocycles. The van der Waals surface area contributed by atoms with Crippen LogP contribution < -0.4 is 10.6 Å². The largest absolute Gasteiger partial charge is 0.338 e. The Morgan fingerprint density at radius 2 is 1.86 bits per heavy atom. The zero-order chi connectivity index (χ0) is 16.1. The van der Waals surface area contributed by atoms with Crippen molar-refractivity contribution < 1.29 is 9.59 Å². The number of aryl methyl sites for hydroxylation is 1. The van der Waals surface area contributed by atoms with Gasteiger partial charge in [0, 0.05) is 6.54 Å². The third-order valence-electron chi connectivity index (χ3n) is 2.93. The summed E-state index contributed by atoms with van der Waals surface area (Å²) in [5, 5.41) is 5.07. The van der Waals surface area contributed by atoms with E-state index >= 15 is 0 Å². The Morgan fingerprint density at radius 3 is 2.50 bits per heavy atom. The number of para-hydroxylation sites is 2. The summed E-state index contributed by atoms with van der Waals surface area (Å²) in [6, 6.07) is 7.10. The Balaban J connectivity index is 2.11. The molecular weight excluding hydrogens is 300 g/mol. The second-order valence-corrected chi connectivity index (χ2v) is 6.04. The maximum Gasteiger partial charge on any atom is 0.321 e. The van der Waals surface area contributed by atoms with Gasteiger partial charge in [-0.15, -0.1) is 0 Å². The monoisotopic (exact) mass is 318 g/mol. The van der Waals surface area contributed by atoms with E-state index in [1.54, 1.807) is 13.8 Å². The first-order valence-electron chi connectivity index (χ1n) is 7.00. The molecule has 6 nitrogen and oxygen atoms in total. The Bertz CT molecular complexity index is 705. The number of nitrogens with one attached hydrogen (secondary N) is 2. The van der Waals surface area contributed by atoms with Gasteiger partial charge in [-0.2, -0.15) is 0 Å². The SMILES string of the molecule is CCNC(=O)NC(=O)[C@H](C)Sc1nc2ccccc2nc1C. The number of fused-ring (bicyclic) bond motifs is 1. The maximum atomic E-state index is 12.0. The number of imide groups is 1. The van der Waals surface area contributed by atoms with Crippen molar-refractivity contribution in [2.24, 2.45) is 0 Å². The van der Waals surface area contributed by atoms with Crippen molar-refractivity contribution >= 4 is 34.7 Å². The molecule has 0 aliphatic heterocycles. The van der Waals surface area contributed by atoms with Gasteiger partial charge in [-0.1, -0.05) is 23.9 Å². The lowest BCUT2D eigenvalue weighted by Gasteiger charge is -2.12. The van der Waals surface area contributed by atoms with Gasteiger partial charge in [0.1, 0.15) is 5.03 Å². The van der Waals surface area contributed by atoms with Gasteiger partial charge >= 0.3 is 6.03 Å². The maximum absolute atomic E-state index is 12.0. The Morgan fingerprint density at radius 1 is 1.23 bits per heavy atom. The van der Waals surface area contributed by atoms with Gasteiger partial charge in [0.2, 0.25) is 5.91 Å². The lowest BCUT2D eigenvalue weighted by atomic mass is 10.3. The molecule has 1 heterocycles. The minimum absolute atomic E-state index is 0.356. The number of rotatable bonds is 4. The smallest absolute Gasteiger partial charge is 0.321 e. The van der Waals surface area contributed by atoms with Crippen LogP contribution in [0.15, 0.2) is 29.3 Å². The van der Waals surface area contributed by atoms with Crippen LogP contribution in [0.3, 0.4) is 0 Å². The quantitative estimate of drug-likeness (QED) is 0.845. The van der Waals surface area contributed by atoms with Crippen molar-refractivity contribution in [3.05, 3.63) is 30.0 Å². The molecule has 0 fully saturated rings. The van der Waals surface area contributed by atoms with Crippen molar-refractivity contribution in [3.63, 3.8) is 0 Å². The summed E-state index contributed by atoms with van der Waals surface area (Å²) in [4.78, 5) is 32.4. The fourth-order valence-corrected chi connectivity index (χ4v) is 2.69. The first kappa shape index (κ1) is 16.2. The fourth-order valence-electron chi connectivity index (χ4n) is 1.82. The molecule has 0 spiro atoms. The summed E-state index contributed by atoms with van der Waals surface area (Å²) in [7, 11) is 0. The molecule has 1 atom stereocenters. The number of nitrogens with zero attached hydrogens (tertiary/aromatic N) is 2. The number of benzene rings is 1. The minimum atomic E-state index is -0.485. The van der Waals surface area contributed by atoms with E-state index in [1.165, 1.54) is 11.8 Å². The molecule has 2 rings (SSSR count). The van der Waals surface area contributed by atoms with E-state index in [2.05, 4.69) is 20.6 Å². The molecule has 0 saturated heterocycles. The molecule has 0 unspecified atom stereocenters. The lowest BCUT2D eigenvalue weighted by Crippen LogP contribution is -2.42. The van der Waals surface area contributed by atoms with E-state index < -0.39 is 11.3 Å². The fraction of sp³-hybridized carbons (Fsp3) is 0.333. The number of carbonyl (C=O) groups is 2. The highest BCUT2D eigenvalue weighted by atomic mass is 32.2. The summed E-state index contributed by atoms with van der Waals surface area (Å²) in [6.45, 7) is 5.85. The molecular formula is C15H18N4O2S. The number of amides is 3. The summed E-state index contributed by atoms with van der Waals surface area (Å²) < 4.78 is 0. The average Bonchev–Trinajstić information content (AvgIpc) is 2.48. The van der Waals surface area contributed by atoms with Gasteiger partial charge < -0.3 is 5.32 Å². The van der Waals surface area contributed by atoms with E-state index in [0.717, 1.165) is 16.7 Å². The molecule has 0 radical (unpaired) electrons. The van der Waals surface area contributed by atoms with Crippen LogP contribution in [0.2, 0.25) is 0 Å². The van der Waals surface area contributed by atoms with Crippen LogP contribution in [0.25, 0.3) is 11.0 Å². The zero-order valence-corrected chi connectivity index (χ0v) is 13.5. The molecule has 2 N–H and O–H groups in total. The first-order chi connectivity index (χ1) is 10.5. The number of thioether (sulfide) groups is 1. The summed E-state index contributed by atoms with van der Waals surface area (Å²) in [6.07, 6.45) is 0. The second-order valence-electron chi connectivity index (χ2n) is 4.71. The molecule has 2 aromatic rings. The number of carbonyl (C=O) groups excluding carboxylic acids is 2. The Labute approximate surface area is 133 Å². The minimum Gasteiger partial charge on any atom is -0.338 e. The Kier molecular flexibility index (Phi) is 5.32. The van der Waals surface area contributed by atoms with Crippen molar-refractivity contribution in [2.75, 3.05) is 6.54 Å². The molecule has 1 aromatic carbocycles. The number of urea groups is 1. The highest BCUT2D eigenvalue weighted by molar-refractivity contribution is 8.00. The normalized spacial score (nSPS) is 12.0. The average molecular weight is 318 g/mol. The molecule has 7 heteroatoms. The van der Waals surface area contributed by atoms with Crippen LogP contribution in [-0.4, -0.2) is 33.7 Å². The molecule has 1 aromatic heterocycles. The van der Waals surface area contributed by atoms with Crippen LogP contribution in [0, 0.1) is 6.92 Å². The molecule has 0 aliphatic carbocycles. The molecule has 116 valence electrons. The molecule has 22 heavy (non-hydrogen) atoms. The number of hydrogen-bond donors (Lipinski definition) is 2. The van der Waals surface area contributed by atoms with Crippen LogP contribution >= 0.6 is 11.8 Å². The van der Waals surface area contributed by atoms with Gasteiger partial charge in [-0.3, -0.25) is 10.1 Å². The van der Waals surface area contributed by atoms with Crippen LogP contribution in [-0.2, 0) is 4.79 Å². The van der Waals surface area contributed by atoms with E-state index in [1.807, 2.05) is 31.2 Å². The number of hydrogen-bond acceptors (Lipinski definition) is 5. The van der Waals surface area contributed by atoms with Crippen molar-refractivity contribution in [1.82, 2.24) is 20.6 Å². The van der Waals surface area contributed by atoms with Crippen molar-refractivity contribution in [2.45, 2.75) is 31.0 Å². The van der Waals surface area contributed by atoms with E-state index in [4.69, 9.17) is 0 Å². The standard InChI is InChI=1S/C15H18N4O2S/c1-4-16-15(21)19-13(20)10(3)22-14-9(2)17-11-7-5-6-8-12(11)18-14/h5-8,10H,4H2,1-3H3,(H2,16,19,20,21)/t10-/m0/s1. The van der Waals surface area contributed by atoms with Crippen LogP contribution in [0.5, 0.6) is 0 Å². The van der Waals surface area contributed by atoms with E-state index in [0.29, 0.717) is 11.6 Å². The van der Waals surface area contributed by atoms with E-state index in [-0.39, 0.29) is 5.91 Å². The number of aromatic nitrogens is 2. The summed E-state index contributed by atoms with van der Waals surface area (Å²) in [5.74, 6) is -0.356. The van der Waals surface area contributed by atoms with Crippen LogP contribution in [0.4, 0.5) is 4.79 Å². The summed E-state index contributed by atoms with van der Waals surface area (Å²) in [5.41, 5.74) is 2.37. The Hall–Kier alpha value is -2.15. The van der Waals surface area contributed by atoms with Gasteiger partial charge in [0.25, 0.3) is 0 Å². The lowest BCUT2D eigenvalue weighted by molar-refractivity contribution is -0.119. The van der Waals surface area contributed by atoms with Crippen LogP contribution in [0.1, 0.15) is 19.5 Å². The topological polar surface area (TPSA) is 84.0 Å². The van der Waals surface area contributed by atoms with Gasteiger partial charge in [0.05, 0.1) is 22.0 Å². The first-order valence-corrected chi connectivity index (χ1v) is 7.88. The van der Waals surface area contributed by atoms with E-state index in [9.17, 15) is 9.59 Å². The summed E-state index contributed by atoms with van der Waals surface area (Å²) >= 11 is 1.29. The van der Waals surface area contributed by atoms with Crippen molar-refractivity contribution in [1.29, 1.82) is 0 Å². The molecule has 0 bridgehead atoms. The third-order valence-corrected chi connectivity index (χ3v) is 4.11. The second kappa shape index (κ2) is 7.22. The third kappa shape index (κ3) is 3.94. The molecule has 3 amide bonds. The predicted octanol–water partition coefficient (Wildman–Crippen LogP) is 2.26. The zero-order valence-electron chi connectivity index (χ0n) is 12.7. The van der Waals surface area contributed by atoms with Gasteiger partial charge in [-0.25, -0.2) is 14.8 Å². The van der Waals surface area contributed by atoms with Crippen molar-refractivity contribution in [3.8, 4) is 0 Å². The highest BCUT2D eigenvalue weighted by Crippen LogP contribution is 2.25. The van der Waals surface area contributed by atoms with Gasteiger partial charge in [-0.05, 0) is 32.9 Å². The highest BCUT2D eigenvalue weighted by Gasteiger charge is 2.19. The predicted molar refractivity (Wildman–Crippen MR) is 86.8 cm³/mol.